The Bertz CT molecular complexity index is 693. The summed E-state index contributed by atoms with van der Waals surface area (Å²) in [4.78, 5) is 11.4. The lowest BCUT2D eigenvalue weighted by atomic mass is 10.1. The summed E-state index contributed by atoms with van der Waals surface area (Å²) < 4.78 is 32.6. The Balaban J connectivity index is 2.91. The van der Waals surface area contributed by atoms with Gasteiger partial charge in [-0.05, 0) is 59.2 Å². The van der Waals surface area contributed by atoms with Crippen molar-refractivity contribution in [3.05, 3.63) is 23.8 Å². The van der Waals surface area contributed by atoms with E-state index in [1.165, 1.54) is 18.2 Å². The first-order chi connectivity index (χ1) is 11.4. The number of anilines is 1. The van der Waals surface area contributed by atoms with Crippen molar-refractivity contribution < 1.29 is 23.1 Å². The molecule has 0 aromatic heterocycles. The van der Waals surface area contributed by atoms with Crippen molar-refractivity contribution in [1.29, 1.82) is 0 Å². The molecule has 0 spiro atoms. The molecule has 0 atom stereocenters. The molecule has 0 saturated carbocycles. The maximum Gasteiger partial charge on any atom is 0.337 e. The largest absolute Gasteiger partial charge is 0.478 e. The number of ether oxygens (including phenoxy) is 1. The molecule has 0 aliphatic heterocycles. The number of carboxylic acid groups (broad SMARTS) is 1. The van der Waals surface area contributed by atoms with Gasteiger partial charge in [-0.3, -0.25) is 0 Å². The summed E-state index contributed by atoms with van der Waals surface area (Å²) in [5.41, 5.74) is -0.358. The Kier molecular flexibility index (Phi) is 7.40. The molecule has 142 valence electrons. The number of hydrogen-bond donors (Lipinski definition) is 3. The third-order valence-corrected chi connectivity index (χ3v) is 4.82. The Labute approximate surface area is 149 Å². The SMILES string of the molecule is CC(C)OCCCNc1ccc(S(=O)(=O)NC(C)(C)C)cc1C(=O)O. The standard InChI is InChI=1S/C17H28N2O5S/c1-12(2)24-10-6-9-18-15-8-7-13(11-14(15)16(20)21)25(22,23)19-17(3,4)5/h7-8,11-12,18-19H,6,9-10H2,1-5H3,(H,20,21). The average Bonchev–Trinajstić information content (AvgIpc) is 2.43. The highest BCUT2D eigenvalue weighted by molar-refractivity contribution is 7.89. The zero-order chi connectivity index (χ0) is 19.3. The van der Waals surface area contributed by atoms with E-state index in [1.54, 1.807) is 20.8 Å². The van der Waals surface area contributed by atoms with Crippen molar-refractivity contribution in [1.82, 2.24) is 4.72 Å². The summed E-state index contributed by atoms with van der Waals surface area (Å²) >= 11 is 0. The lowest BCUT2D eigenvalue weighted by Gasteiger charge is -2.21. The second kappa shape index (κ2) is 8.64. The molecule has 7 nitrogen and oxygen atoms in total. The number of benzene rings is 1. The summed E-state index contributed by atoms with van der Waals surface area (Å²) in [7, 11) is -3.79. The van der Waals surface area contributed by atoms with Gasteiger partial charge in [0.2, 0.25) is 10.0 Å². The molecule has 8 heteroatoms. The van der Waals surface area contributed by atoms with Crippen LogP contribution in [0.4, 0.5) is 5.69 Å². The second-order valence-electron chi connectivity index (χ2n) is 7.07. The topological polar surface area (TPSA) is 105 Å². The number of carboxylic acids is 1. The maximum atomic E-state index is 12.4. The van der Waals surface area contributed by atoms with Crippen molar-refractivity contribution in [2.75, 3.05) is 18.5 Å². The first kappa shape index (κ1) is 21.4. The maximum absolute atomic E-state index is 12.4. The van der Waals surface area contributed by atoms with Gasteiger partial charge in [-0.15, -0.1) is 0 Å². The predicted molar refractivity (Wildman–Crippen MR) is 97.7 cm³/mol. The number of carbonyl (C=O) groups is 1. The summed E-state index contributed by atoms with van der Waals surface area (Å²) in [5, 5.41) is 12.4. The minimum atomic E-state index is -3.79. The Morgan fingerprint density at radius 3 is 2.44 bits per heavy atom. The molecular weight excluding hydrogens is 344 g/mol. The molecule has 0 fully saturated rings. The van der Waals surface area contributed by atoms with Crippen molar-refractivity contribution in [3.63, 3.8) is 0 Å². The number of aromatic carboxylic acids is 1. The quantitative estimate of drug-likeness (QED) is 0.576. The van der Waals surface area contributed by atoms with Crippen LogP contribution >= 0.6 is 0 Å². The average molecular weight is 372 g/mol. The zero-order valence-electron chi connectivity index (χ0n) is 15.4. The molecule has 1 aromatic carbocycles. The molecule has 0 unspecified atom stereocenters. The highest BCUT2D eigenvalue weighted by Gasteiger charge is 2.24. The van der Waals surface area contributed by atoms with Crippen LogP contribution in [0.5, 0.6) is 0 Å². The lowest BCUT2D eigenvalue weighted by molar-refractivity contribution is 0.0697. The fraction of sp³-hybridized carbons (Fsp3) is 0.588. The van der Waals surface area contributed by atoms with Gasteiger partial charge in [0, 0.05) is 24.4 Å². The Morgan fingerprint density at radius 2 is 1.92 bits per heavy atom. The minimum absolute atomic E-state index is 0.0754. The van der Waals surface area contributed by atoms with Gasteiger partial charge in [0.1, 0.15) is 0 Å². The van der Waals surface area contributed by atoms with E-state index in [0.717, 1.165) is 0 Å². The van der Waals surface area contributed by atoms with Gasteiger partial charge in [-0.2, -0.15) is 0 Å². The van der Waals surface area contributed by atoms with Gasteiger partial charge in [0.15, 0.2) is 0 Å². The van der Waals surface area contributed by atoms with Crippen molar-refractivity contribution in [2.24, 2.45) is 0 Å². The molecule has 3 N–H and O–H groups in total. The van der Waals surface area contributed by atoms with Gasteiger partial charge in [0.05, 0.1) is 16.6 Å². The monoisotopic (exact) mass is 372 g/mol. The fourth-order valence-electron chi connectivity index (χ4n) is 2.10. The number of sulfonamides is 1. The molecule has 0 bridgehead atoms. The number of nitrogens with one attached hydrogen (secondary N) is 2. The second-order valence-corrected chi connectivity index (χ2v) is 8.75. The van der Waals surface area contributed by atoms with E-state index < -0.39 is 21.5 Å². The molecule has 1 rings (SSSR count). The van der Waals surface area contributed by atoms with E-state index in [4.69, 9.17) is 4.74 Å². The van der Waals surface area contributed by atoms with Crippen molar-refractivity contribution >= 4 is 21.7 Å². The highest BCUT2D eigenvalue weighted by Crippen LogP contribution is 2.22. The highest BCUT2D eigenvalue weighted by atomic mass is 32.2. The number of hydrogen-bond acceptors (Lipinski definition) is 5. The van der Waals surface area contributed by atoms with Gasteiger partial charge in [0.25, 0.3) is 0 Å². The van der Waals surface area contributed by atoms with E-state index in [-0.39, 0.29) is 16.6 Å². The summed E-state index contributed by atoms with van der Waals surface area (Å²) in [6.07, 6.45) is 0.859. The molecular formula is C17H28N2O5S. The normalized spacial score (nSPS) is 12.4. The lowest BCUT2D eigenvalue weighted by Crippen LogP contribution is -2.40. The van der Waals surface area contributed by atoms with E-state index >= 15 is 0 Å². The molecule has 1 aromatic rings. The molecule has 0 heterocycles. The van der Waals surface area contributed by atoms with E-state index in [9.17, 15) is 18.3 Å². The summed E-state index contributed by atoms with van der Waals surface area (Å²) in [5.74, 6) is -1.19. The predicted octanol–water partition coefficient (Wildman–Crippen LogP) is 2.69. The third-order valence-electron chi connectivity index (χ3n) is 3.06. The van der Waals surface area contributed by atoms with E-state index in [2.05, 4.69) is 10.0 Å². The molecule has 0 aliphatic carbocycles. The van der Waals surface area contributed by atoms with Crippen LogP contribution in [0.25, 0.3) is 0 Å². The van der Waals surface area contributed by atoms with Gasteiger partial charge < -0.3 is 15.2 Å². The van der Waals surface area contributed by atoms with Crippen molar-refractivity contribution in [3.8, 4) is 0 Å². The van der Waals surface area contributed by atoms with Crippen LogP contribution in [0.15, 0.2) is 23.1 Å². The first-order valence-corrected chi connectivity index (χ1v) is 9.67. The van der Waals surface area contributed by atoms with Crippen LogP contribution < -0.4 is 10.0 Å². The summed E-state index contributed by atoms with van der Waals surface area (Å²) in [6, 6.07) is 4.04. The molecule has 25 heavy (non-hydrogen) atoms. The first-order valence-electron chi connectivity index (χ1n) is 8.19. The van der Waals surface area contributed by atoms with E-state index in [0.29, 0.717) is 25.3 Å². The fourth-order valence-corrected chi connectivity index (χ4v) is 3.54. The van der Waals surface area contributed by atoms with Gasteiger partial charge in [-0.1, -0.05) is 0 Å². The van der Waals surface area contributed by atoms with Crippen LogP contribution in [0.1, 0.15) is 51.4 Å². The Morgan fingerprint density at radius 1 is 1.28 bits per heavy atom. The van der Waals surface area contributed by atoms with Crippen LogP contribution in [-0.2, 0) is 14.8 Å². The minimum Gasteiger partial charge on any atom is -0.478 e. The molecule has 0 radical (unpaired) electrons. The smallest absolute Gasteiger partial charge is 0.337 e. The molecule has 0 amide bonds. The van der Waals surface area contributed by atoms with Crippen molar-refractivity contribution in [2.45, 2.75) is 57.6 Å². The molecule has 0 aliphatic rings. The van der Waals surface area contributed by atoms with Gasteiger partial charge >= 0.3 is 5.97 Å². The Hall–Kier alpha value is -1.64. The van der Waals surface area contributed by atoms with E-state index in [1.807, 2.05) is 13.8 Å². The van der Waals surface area contributed by atoms with Gasteiger partial charge in [-0.25, -0.2) is 17.9 Å². The third kappa shape index (κ3) is 7.41. The van der Waals surface area contributed by atoms with Crippen LogP contribution in [0.3, 0.4) is 0 Å². The van der Waals surface area contributed by atoms with Crippen LogP contribution in [0, 0.1) is 0 Å². The number of rotatable bonds is 9. The summed E-state index contributed by atoms with van der Waals surface area (Å²) in [6.45, 7) is 10.1. The molecule has 0 saturated heterocycles. The van der Waals surface area contributed by atoms with Crippen LogP contribution in [-0.4, -0.2) is 44.3 Å². The van der Waals surface area contributed by atoms with Crippen LogP contribution in [0.2, 0.25) is 0 Å². The zero-order valence-corrected chi connectivity index (χ0v) is 16.2.